The second-order valence-corrected chi connectivity index (χ2v) is 7.31. The first-order chi connectivity index (χ1) is 12.3. The van der Waals surface area contributed by atoms with E-state index in [-0.39, 0.29) is 22.8 Å². The number of aryl methyl sites for hydroxylation is 2. The number of rotatable bonds is 5. The standard InChI is InChI=1S/C19H18O6S/c1-4-23-19(20)18-13(3)24-17-10-7-14(11-16(17)18)25-26(21,22)15-8-5-12(2)6-9-15/h5-11H,4H2,1-3H3. The summed E-state index contributed by atoms with van der Waals surface area (Å²) in [6.45, 7) is 5.44. The summed E-state index contributed by atoms with van der Waals surface area (Å²) in [4.78, 5) is 12.2. The Bertz CT molecular complexity index is 1060. The Morgan fingerprint density at radius 1 is 1.08 bits per heavy atom. The highest BCUT2D eigenvalue weighted by molar-refractivity contribution is 7.87. The van der Waals surface area contributed by atoms with Crippen LogP contribution in [0.15, 0.2) is 51.8 Å². The van der Waals surface area contributed by atoms with Gasteiger partial charge in [-0.3, -0.25) is 0 Å². The van der Waals surface area contributed by atoms with Gasteiger partial charge in [0.15, 0.2) is 0 Å². The van der Waals surface area contributed by atoms with E-state index in [0.717, 1.165) is 5.56 Å². The van der Waals surface area contributed by atoms with Crippen LogP contribution in [0.25, 0.3) is 11.0 Å². The average molecular weight is 374 g/mol. The summed E-state index contributed by atoms with van der Waals surface area (Å²) in [5, 5.41) is 0.442. The van der Waals surface area contributed by atoms with Gasteiger partial charge < -0.3 is 13.3 Å². The van der Waals surface area contributed by atoms with E-state index in [9.17, 15) is 13.2 Å². The molecule has 136 valence electrons. The van der Waals surface area contributed by atoms with Crippen molar-refractivity contribution >= 4 is 27.1 Å². The van der Waals surface area contributed by atoms with Crippen LogP contribution in [-0.2, 0) is 14.9 Å². The highest BCUT2D eigenvalue weighted by atomic mass is 32.2. The van der Waals surface area contributed by atoms with E-state index >= 15 is 0 Å². The Kier molecular flexibility index (Phi) is 4.73. The van der Waals surface area contributed by atoms with Crippen molar-refractivity contribution < 1.29 is 26.5 Å². The lowest BCUT2D eigenvalue weighted by molar-refractivity contribution is 0.0526. The topological polar surface area (TPSA) is 82.8 Å². The van der Waals surface area contributed by atoms with Gasteiger partial charge in [0.1, 0.15) is 27.6 Å². The summed E-state index contributed by atoms with van der Waals surface area (Å²) < 4.78 is 40.7. The van der Waals surface area contributed by atoms with Crippen LogP contribution in [0.4, 0.5) is 0 Å². The Balaban J connectivity index is 1.99. The molecule has 0 N–H and O–H groups in total. The summed E-state index contributed by atoms with van der Waals surface area (Å²) >= 11 is 0. The van der Waals surface area contributed by atoms with Gasteiger partial charge in [-0.15, -0.1) is 0 Å². The number of carbonyl (C=O) groups excluding carboxylic acids is 1. The molecule has 0 aliphatic rings. The van der Waals surface area contributed by atoms with E-state index in [1.54, 1.807) is 32.0 Å². The van der Waals surface area contributed by atoms with Crippen molar-refractivity contribution in [3.8, 4) is 5.75 Å². The fourth-order valence-corrected chi connectivity index (χ4v) is 3.51. The van der Waals surface area contributed by atoms with Crippen LogP contribution in [0.2, 0.25) is 0 Å². The van der Waals surface area contributed by atoms with Crippen molar-refractivity contribution in [2.24, 2.45) is 0 Å². The molecular weight excluding hydrogens is 356 g/mol. The van der Waals surface area contributed by atoms with Gasteiger partial charge in [0.05, 0.1) is 6.61 Å². The maximum absolute atomic E-state index is 12.4. The van der Waals surface area contributed by atoms with Crippen molar-refractivity contribution in [2.45, 2.75) is 25.7 Å². The van der Waals surface area contributed by atoms with E-state index < -0.39 is 16.1 Å². The summed E-state index contributed by atoms with van der Waals surface area (Å²) in [7, 11) is -3.98. The molecular formula is C19H18O6S. The quantitative estimate of drug-likeness (QED) is 0.496. The fourth-order valence-electron chi connectivity index (χ4n) is 2.59. The molecule has 1 aromatic heterocycles. The summed E-state index contributed by atoms with van der Waals surface area (Å²) in [6, 6.07) is 10.8. The Morgan fingerprint density at radius 2 is 1.77 bits per heavy atom. The maximum atomic E-state index is 12.4. The molecule has 0 atom stereocenters. The van der Waals surface area contributed by atoms with Crippen molar-refractivity contribution in [3.05, 3.63) is 59.4 Å². The zero-order valence-electron chi connectivity index (χ0n) is 14.6. The zero-order valence-corrected chi connectivity index (χ0v) is 15.4. The first kappa shape index (κ1) is 18.0. The van der Waals surface area contributed by atoms with Crippen molar-refractivity contribution in [2.75, 3.05) is 6.61 Å². The molecule has 1 heterocycles. The third-order valence-electron chi connectivity index (χ3n) is 3.83. The second-order valence-electron chi connectivity index (χ2n) is 5.76. The first-order valence-corrected chi connectivity index (χ1v) is 9.44. The van der Waals surface area contributed by atoms with E-state index in [4.69, 9.17) is 13.3 Å². The lowest BCUT2D eigenvalue weighted by Gasteiger charge is -2.07. The number of benzene rings is 2. The molecule has 3 aromatic rings. The van der Waals surface area contributed by atoms with E-state index in [0.29, 0.717) is 16.7 Å². The molecule has 0 radical (unpaired) electrons. The lowest BCUT2D eigenvalue weighted by Crippen LogP contribution is -2.09. The van der Waals surface area contributed by atoms with Gasteiger partial charge in [0.25, 0.3) is 0 Å². The fraction of sp³-hybridized carbons (Fsp3) is 0.211. The third-order valence-corrected chi connectivity index (χ3v) is 5.09. The molecule has 0 amide bonds. The maximum Gasteiger partial charge on any atom is 0.342 e. The summed E-state index contributed by atoms with van der Waals surface area (Å²) in [6.07, 6.45) is 0. The van der Waals surface area contributed by atoms with Gasteiger partial charge in [-0.2, -0.15) is 8.42 Å². The van der Waals surface area contributed by atoms with Gasteiger partial charge in [-0.25, -0.2) is 4.79 Å². The van der Waals surface area contributed by atoms with Crippen LogP contribution >= 0.6 is 0 Å². The van der Waals surface area contributed by atoms with E-state index in [1.807, 2.05) is 6.92 Å². The van der Waals surface area contributed by atoms with Crippen LogP contribution in [0.5, 0.6) is 5.75 Å². The van der Waals surface area contributed by atoms with Gasteiger partial charge in [0.2, 0.25) is 0 Å². The van der Waals surface area contributed by atoms with Gasteiger partial charge in [0, 0.05) is 5.39 Å². The van der Waals surface area contributed by atoms with Crippen LogP contribution in [0.3, 0.4) is 0 Å². The molecule has 0 saturated carbocycles. The predicted molar refractivity (Wildman–Crippen MR) is 95.9 cm³/mol. The third kappa shape index (κ3) is 3.43. The Morgan fingerprint density at radius 3 is 2.42 bits per heavy atom. The van der Waals surface area contributed by atoms with Crippen molar-refractivity contribution in [3.63, 3.8) is 0 Å². The highest BCUT2D eigenvalue weighted by Gasteiger charge is 2.22. The number of fused-ring (bicyclic) bond motifs is 1. The van der Waals surface area contributed by atoms with Gasteiger partial charge in [-0.1, -0.05) is 17.7 Å². The Labute approximate surface area is 151 Å². The number of furan rings is 1. The predicted octanol–water partition coefficient (Wildman–Crippen LogP) is 3.99. The second kappa shape index (κ2) is 6.84. The van der Waals surface area contributed by atoms with Crippen LogP contribution in [-0.4, -0.2) is 21.0 Å². The van der Waals surface area contributed by atoms with Gasteiger partial charge >= 0.3 is 16.1 Å². The molecule has 7 heteroatoms. The van der Waals surface area contributed by atoms with E-state index in [2.05, 4.69) is 0 Å². The molecule has 0 aliphatic heterocycles. The first-order valence-electron chi connectivity index (χ1n) is 8.03. The lowest BCUT2D eigenvalue weighted by atomic mass is 10.1. The molecule has 0 spiro atoms. The minimum atomic E-state index is -3.98. The highest BCUT2D eigenvalue weighted by Crippen LogP contribution is 2.31. The normalized spacial score (nSPS) is 11.5. The van der Waals surface area contributed by atoms with Crippen LogP contribution in [0.1, 0.15) is 28.6 Å². The van der Waals surface area contributed by atoms with E-state index in [1.165, 1.54) is 24.3 Å². The average Bonchev–Trinajstić information content (AvgIpc) is 2.90. The largest absolute Gasteiger partial charge is 0.462 e. The van der Waals surface area contributed by atoms with Crippen molar-refractivity contribution in [1.82, 2.24) is 0 Å². The smallest absolute Gasteiger partial charge is 0.342 e. The van der Waals surface area contributed by atoms with Crippen LogP contribution in [0, 0.1) is 13.8 Å². The molecule has 0 unspecified atom stereocenters. The SMILES string of the molecule is CCOC(=O)c1c(C)oc2ccc(OS(=O)(=O)c3ccc(C)cc3)cc12. The molecule has 0 fully saturated rings. The number of hydrogen-bond acceptors (Lipinski definition) is 6. The monoisotopic (exact) mass is 374 g/mol. The molecule has 0 aliphatic carbocycles. The summed E-state index contributed by atoms with van der Waals surface area (Å²) in [5.74, 6) is -0.0382. The molecule has 2 aromatic carbocycles. The minimum absolute atomic E-state index is 0.0530. The minimum Gasteiger partial charge on any atom is -0.462 e. The molecule has 6 nitrogen and oxygen atoms in total. The molecule has 0 saturated heterocycles. The number of carbonyl (C=O) groups is 1. The number of hydrogen-bond donors (Lipinski definition) is 0. The molecule has 0 bridgehead atoms. The summed E-state index contributed by atoms with van der Waals surface area (Å²) in [5.41, 5.74) is 1.66. The van der Waals surface area contributed by atoms with Gasteiger partial charge in [-0.05, 0) is 51.1 Å². The molecule has 26 heavy (non-hydrogen) atoms. The number of ether oxygens (including phenoxy) is 1. The molecule has 3 rings (SSSR count). The zero-order chi connectivity index (χ0) is 18.9. The Hall–Kier alpha value is -2.80. The van der Waals surface area contributed by atoms with Crippen LogP contribution < -0.4 is 4.18 Å². The van der Waals surface area contributed by atoms with Crippen molar-refractivity contribution in [1.29, 1.82) is 0 Å². The number of esters is 1.